The maximum Gasteiger partial charge on any atom is 0.0111 e. The van der Waals surface area contributed by atoms with Crippen molar-refractivity contribution in [2.24, 2.45) is 0 Å². The minimum atomic E-state index is 0.797. The van der Waals surface area contributed by atoms with Crippen LogP contribution in [-0.4, -0.2) is 60.6 Å². The lowest BCUT2D eigenvalue weighted by Crippen LogP contribution is -2.51. The van der Waals surface area contributed by atoms with E-state index in [-0.39, 0.29) is 0 Å². The maximum atomic E-state index is 3.98. The molecule has 0 saturated carbocycles. The molecule has 0 unspecified atom stereocenters. The van der Waals surface area contributed by atoms with Crippen LogP contribution in [0.1, 0.15) is 51.9 Å². The second-order valence-electron chi connectivity index (χ2n) is 6.84. The molecule has 0 aromatic heterocycles. The number of fused-ring (bicyclic) bond motifs is 1. The van der Waals surface area contributed by atoms with Gasteiger partial charge in [0.2, 0.25) is 0 Å². The smallest absolute Gasteiger partial charge is 0.0111 e. The summed E-state index contributed by atoms with van der Waals surface area (Å²) in [5, 5.41) is 3.98. The fraction of sp³-hybridized carbons (Fsp3) is 1.00. The second kappa shape index (κ2) is 6.55. The van der Waals surface area contributed by atoms with E-state index < -0.39 is 0 Å². The third-order valence-electron chi connectivity index (χ3n) is 5.42. The van der Waals surface area contributed by atoms with E-state index in [9.17, 15) is 0 Å². The minimum absolute atomic E-state index is 0.797. The predicted octanol–water partition coefficient (Wildman–Crippen LogP) is 2.08. The highest BCUT2D eigenvalue weighted by Gasteiger charge is 2.32. The highest BCUT2D eigenvalue weighted by molar-refractivity contribution is 4.91. The Bertz CT molecular complexity index is 273. The highest BCUT2D eigenvalue weighted by Crippen LogP contribution is 2.27. The van der Waals surface area contributed by atoms with Crippen molar-refractivity contribution in [3.63, 3.8) is 0 Å². The van der Waals surface area contributed by atoms with E-state index in [1.807, 2.05) is 0 Å². The van der Waals surface area contributed by atoms with Crippen LogP contribution in [0, 0.1) is 0 Å². The first-order valence-electron chi connectivity index (χ1n) is 8.57. The van der Waals surface area contributed by atoms with Crippen molar-refractivity contribution in [3.05, 3.63) is 0 Å². The van der Waals surface area contributed by atoms with Crippen LogP contribution in [0.2, 0.25) is 0 Å². The van der Waals surface area contributed by atoms with Gasteiger partial charge >= 0.3 is 0 Å². The number of likely N-dealkylation sites (tertiary alicyclic amines) is 1. The molecule has 0 aliphatic carbocycles. The third kappa shape index (κ3) is 3.50. The molecule has 0 radical (unpaired) electrons. The summed E-state index contributed by atoms with van der Waals surface area (Å²) in [6, 6.07) is 2.51. The molecule has 2 atom stereocenters. The molecule has 0 aromatic carbocycles. The summed E-state index contributed by atoms with van der Waals surface area (Å²) < 4.78 is 0. The van der Waals surface area contributed by atoms with Crippen molar-refractivity contribution < 1.29 is 0 Å². The Hall–Kier alpha value is -0.120. The van der Waals surface area contributed by atoms with Crippen LogP contribution in [0.25, 0.3) is 0 Å². The topological polar surface area (TPSA) is 18.5 Å². The molecule has 0 bridgehead atoms. The summed E-state index contributed by atoms with van der Waals surface area (Å²) in [5.74, 6) is 0. The van der Waals surface area contributed by atoms with E-state index in [1.54, 1.807) is 0 Å². The molecular weight excluding hydrogens is 234 g/mol. The average molecular weight is 265 g/mol. The summed E-state index contributed by atoms with van der Waals surface area (Å²) in [7, 11) is 0. The van der Waals surface area contributed by atoms with Crippen LogP contribution in [0.4, 0.5) is 0 Å². The molecule has 19 heavy (non-hydrogen) atoms. The molecule has 3 nitrogen and oxygen atoms in total. The first kappa shape index (κ1) is 13.8. The zero-order valence-electron chi connectivity index (χ0n) is 12.6. The SMILES string of the molecule is CCCN1CCC(N[C@H]2CCN3CCC[C@@H]3C2)CC1. The molecule has 0 aromatic rings. The van der Waals surface area contributed by atoms with Crippen LogP contribution in [0.15, 0.2) is 0 Å². The lowest BCUT2D eigenvalue weighted by atomic mass is 9.95. The van der Waals surface area contributed by atoms with Gasteiger partial charge in [-0.25, -0.2) is 0 Å². The first-order valence-corrected chi connectivity index (χ1v) is 8.57. The lowest BCUT2D eigenvalue weighted by Gasteiger charge is -2.39. The minimum Gasteiger partial charge on any atom is -0.311 e. The molecule has 3 aliphatic heterocycles. The molecule has 3 fully saturated rings. The summed E-state index contributed by atoms with van der Waals surface area (Å²) >= 11 is 0. The summed E-state index contributed by atoms with van der Waals surface area (Å²) in [6.07, 6.45) is 9.72. The number of nitrogens with one attached hydrogen (secondary N) is 1. The normalized spacial score (nSPS) is 34.6. The van der Waals surface area contributed by atoms with Crippen molar-refractivity contribution in [2.45, 2.75) is 70.0 Å². The zero-order chi connectivity index (χ0) is 13.1. The quantitative estimate of drug-likeness (QED) is 0.839. The molecule has 3 rings (SSSR count). The Balaban J connectivity index is 1.40. The van der Waals surface area contributed by atoms with E-state index in [1.165, 1.54) is 77.7 Å². The van der Waals surface area contributed by atoms with Gasteiger partial charge in [-0.05, 0) is 77.7 Å². The molecule has 0 spiro atoms. The summed E-state index contributed by atoms with van der Waals surface area (Å²) in [4.78, 5) is 5.36. The molecule has 3 heteroatoms. The second-order valence-corrected chi connectivity index (χ2v) is 6.84. The Morgan fingerprint density at radius 1 is 0.947 bits per heavy atom. The standard InChI is InChI=1S/C16H31N3/c1-2-8-18-10-5-14(6-11-18)17-15-7-12-19-9-3-4-16(19)13-15/h14-17H,2-13H2,1H3/t15-,16+/m0/s1. The van der Waals surface area contributed by atoms with Crippen LogP contribution < -0.4 is 5.32 Å². The lowest BCUT2D eigenvalue weighted by molar-refractivity contribution is 0.141. The van der Waals surface area contributed by atoms with Gasteiger partial charge in [0.1, 0.15) is 0 Å². The highest BCUT2D eigenvalue weighted by atomic mass is 15.2. The Morgan fingerprint density at radius 3 is 2.53 bits per heavy atom. The fourth-order valence-electron chi connectivity index (χ4n) is 4.35. The first-order chi connectivity index (χ1) is 9.35. The maximum absolute atomic E-state index is 3.98. The largest absolute Gasteiger partial charge is 0.311 e. The van der Waals surface area contributed by atoms with Gasteiger partial charge in [0, 0.05) is 18.1 Å². The van der Waals surface area contributed by atoms with Gasteiger partial charge in [0.25, 0.3) is 0 Å². The average Bonchev–Trinajstić information content (AvgIpc) is 2.89. The number of hydrogen-bond donors (Lipinski definition) is 1. The van der Waals surface area contributed by atoms with Gasteiger partial charge in [0.15, 0.2) is 0 Å². The van der Waals surface area contributed by atoms with Gasteiger partial charge in [-0.3, -0.25) is 0 Å². The van der Waals surface area contributed by atoms with Crippen molar-refractivity contribution in [1.82, 2.24) is 15.1 Å². The van der Waals surface area contributed by atoms with Crippen molar-refractivity contribution in [3.8, 4) is 0 Å². The Kier molecular flexibility index (Phi) is 4.78. The number of rotatable bonds is 4. The monoisotopic (exact) mass is 265 g/mol. The molecular formula is C16H31N3. The summed E-state index contributed by atoms with van der Waals surface area (Å²) in [5.41, 5.74) is 0. The van der Waals surface area contributed by atoms with E-state index in [4.69, 9.17) is 0 Å². The van der Waals surface area contributed by atoms with Crippen LogP contribution >= 0.6 is 0 Å². The van der Waals surface area contributed by atoms with Crippen LogP contribution in [0.5, 0.6) is 0 Å². The van der Waals surface area contributed by atoms with Gasteiger partial charge in [-0.1, -0.05) is 6.92 Å². The zero-order valence-corrected chi connectivity index (χ0v) is 12.6. The molecule has 0 amide bonds. The van der Waals surface area contributed by atoms with Gasteiger partial charge < -0.3 is 15.1 Å². The van der Waals surface area contributed by atoms with E-state index >= 15 is 0 Å². The Labute approximate surface area is 118 Å². The third-order valence-corrected chi connectivity index (χ3v) is 5.42. The number of nitrogens with zero attached hydrogens (tertiary/aromatic N) is 2. The van der Waals surface area contributed by atoms with Crippen molar-refractivity contribution >= 4 is 0 Å². The molecule has 110 valence electrons. The fourth-order valence-corrected chi connectivity index (χ4v) is 4.35. The van der Waals surface area contributed by atoms with Crippen molar-refractivity contribution in [2.75, 3.05) is 32.7 Å². The van der Waals surface area contributed by atoms with Gasteiger partial charge in [0.05, 0.1) is 0 Å². The van der Waals surface area contributed by atoms with Crippen LogP contribution in [-0.2, 0) is 0 Å². The van der Waals surface area contributed by atoms with E-state index in [0.29, 0.717) is 0 Å². The summed E-state index contributed by atoms with van der Waals surface area (Å²) in [6.45, 7) is 8.93. The predicted molar refractivity (Wildman–Crippen MR) is 80.5 cm³/mol. The molecule has 3 saturated heterocycles. The Morgan fingerprint density at radius 2 is 1.74 bits per heavy atom. The van der Waals surface area contributed by atoms with E-state index in [0.717, 1.165) is 18.1 Å². The van der Waals surface area contributed by atoms with E-state index in [2.05, 4.69) is 22.0 Å². The van der Waals surface area contributed by atoms with Crippen LogP contribution in [0.3, 0.4) is 0 Å². The van der Waals surface area contributed by atoms with Crippen molar-refractivity contribution in [1.29, 1.82) is 0 Å². The van der Waals surface area contributed by atoms with Gasteiger partial charge in [-0.2, -0.15) is 0 Å². The molecule has 1 N–H and O–H groups in total. The molecule has 3 heterocycles. The molecule has 3 aliphatic rings. The number of piperidine rings is 2. The number of hydrogen-bond acceptors (Lipinski definition) is 3. The van der Waals surface area contributed by atoms with Gasteiger partial charge in [-0.15, -0.1) is 0 Å².